The van der Waals surface area contributed by atoms with E-state index in [1.165, 1.54) is 12.8 Å². The third-order valence-corrected chi connectivity index (χ3v) is 5.64. The van der Waals surface area contributed by atoms with Crippen LogP contribution in [0.2, 0.25) is 0 Å². The summed E-state index contributed by atoms with van der Waals surface area (Å²) in [6.45, 7) is 4.09. The molecule has 1 unspecified atom stereocenters. The van der Waals surface area contributed by atoms with E-state index < -0.39 is 0 Å². The minimum atomic E-state index is 0.210. The lowest BCUT2D eigenvalue weighted by molar-refractivity contribution is 0.215. The maximum Gasteiger partial charge on any atom is 0.191 e. The molecule has 7 heteroatoms. The van der Waals surface area contributed by atoms with E-state index in [-0.39, 0.29) is 6.04 Å². The van der Waals surface area contributed by atoms with Crippen molar-refractivity contribution >= 4 is 5.96 Å². The van der Waals surface area contributed by atoms with Crippen molar-refractivity contribution in [2.75, 3.05) is 26.7 Å². The lowest BCUT2D eigenvalue weighted by Gasteiger charge is -2.26. The van der Waals surface area contributed by atoms with E-state index in [1.54, 1.807) is 19.5 Å². The van der Waals surface area contributed by atoms with Crippen LogP contribution in [0, 0.1) is 0 Å². The topological polar surface area (TPSA) is 74.9 Å². The smallest absolute Gasteiger partial charge is 0.191 e. The summed E-state index contributed by atoms with van der Waals surface area (Å²) < 4.78 is 11.5. The molecule has 0 aliphatic carbocycles. The van der Waals surface area contributed by atoms with E-state index in [9.17, 15) is 0 Å². The van der Waals surface area contributed by atoms with Crippen LogP contribution in [0.15, 0.2) is 76.5 Å². The molecule has 4 rings (SSSR count). The molecule has 2 aromatic heterocycles. The molecule has 0 amide bonds. The largest absolute Gasteiger partial charge is 0.487 e. The monoisotopic (exact) mass is 433 g/mol. The zero-order valence-corrected chi connectivity index (χ0v) is 18.5. The van der Waals surface area contributed by atoms with Gasteiger partial charge in [-0.25, -0.2) is 0 Å². The van der Waals surface area contributed by atoms with Crippen LogP contribution >= 0.6 is 0 Å². The van der Waals surface area contributed by atoms with Gasteiger partial charge < -0.3 is 19.8 Å². The minimum absolute atomic E-state index is 0.210. The number of hydrogen-bond donors (Lipinski definition) is 2. The van der Waals surface area contributed by atoms with Gasteiger partial charge >= 0.3 is 0 Å². The van der Waals surface area contributed by atoms with E-state index in [1.807, 2.05) is 36.4 Å². The highest BCUT2D eigenvalue weighted by atomic mass is 16.5. The highest BCUT2D eigenvalue weighted by molar-refractivity contribution is 5.79. The fourth-order valence-electron chi connectivity index (χ4n) is 3.89. The predicted molar refractivity (Wildman–Crippen MR) is 125 cm³/mol. The lowest BCUT2D eigenvalue weighted by atomic mass is 10.2. The molecular weight excluding hydrogens is 402 g/mol. The van der Waals surface area contributed by atoms with Gasteiger partial charge in [-0.2, -0.15) is 0 Å². The number of pyridine rings is 1. The van der Waals surface area contributed by atoms with Crippen LogP contribution in [0.1, 0.15) is 35.9 Å². The fourth-order valence-corrected chi connectivity index (χ4v) is 3.89. The number of nitrogens with zero attached hydrogens (tertiary/aromatic N) is 3. The summed E-state index contributed by atoms with van der Waals surface area (Å²) in [5, 5.41) is 6.85. The number of aliphatic imine (C=N–C) groups is 1. The molecule has 1 fully saturated rings. The summed E-state index contributed by atoms with van der Waals surface area (Å²) in [5.74, 6) is 2.60. The van der Waals surface area contributed by atoms with Gasteiger partial charge in [0.15, 0.2) is 5.96 Å². The summed E-state index contributed by atoms with van der Waals surface area (Å²) in [6.07, 6.45) is 6.00. The summed E-state index contributed by atoms with van der Waals surface area (Å²) in [5.41, 5.74) is 2.06. The van der Waals surface area contributed by atoms with E-state index >= 15 is 0 Å². The molecule has 1 aliphatic rings. The second kappa shape index (κ2) is 11.3. The number of benzene rings is 1. The van der Waals surface area contributed by atoms with Crippen LogP contribution < -0.4 is 15.4 Å². The van der Waals surface area contributed by atoms with Gasteiger partial charge in [-0.15, -0.1) is 0 Å². The Labute approximate surface area is 189 Å². The van der Waals surface area contributed by atoms with Crippen molar-refractivity contribution in [1.82, 2.24) is 20.5 Å². The standard InChI is InChI=1S/C25H31N5O2/c1-26-25(29-18-23(24-8-6-16-31-24)30-14-4-5-15-30)28-17-20-9-11-22(12-10-20)32-19-21-7-2-3-13-27-21/h2-3,6-13,16,23H,4-5,14-15,17-19H2,1H3,(H2,26,28,29). The molecule has 0 saturated carbocycles. The van der Waals surface area contributed by atoms with Crippen LogP contribution in [-0.4, -0.2) is 42.5 Å². The maximum atomic E-state index is 5.81. The quantitative estimate of drug-likeness (QED) is 0.395. The molecule has 168 valence electrons. The van der Waals surface area contributed by atoms with Gasteiger partial charge in [0.1, 0.15) is 18.1 Å². The summed E-state index contributed by atoms with van der Waals surface area (Å²) in [4.78, 5) is 11.1. The normalized spacial score (nSPS) is 15.5. The first-order valence-electron chi connectivity index (χ1n) is 11.2. The van der Waals surface area contributed by atoms with E-state index in [0.29, 0.717) is 13.2 Å². The number of nitrogens with one attached hydrogen (secondary N) is 2. The first kappa shape index (κ1) is 21.9. The van der Waals surface area contributed by atoms with Gasteiger partial charge in [0.2, 0.25) is 0 Å². The fraction of sp³-hybridized carbons (Fsp3) is 0.360. The molecule has 3 heterocycles. The number of likely N-dealkylation sites (tertiary alicyclic amines) is 1. The summed E-state index contributed by atoms with van der Waals surface area (Å²) in [6, 6.07) is 18.1. The Hall–Kier alpha value is -3.32. The first-order chi connectivity index (χ1) is 15.8. The van der Waals surface area contributed by atoms with Crippen molar-refractivity contribution in [2.45, 2.75) is 32.0 Å². The molecule has 0 bridgehead atoms. The van der Waals surface area contributed by atoms with Crippen LogP contribution in [0.3, 0.4) is 0 Å². The van der Waals surface area contributed by atoms with Crippen molar-refractivity contribution in [2.24, 2.45) is 4.99 Å². The number of rotatable bonds is 9. The van der Waals surface area contributed by atoms with Crippen molar-refractivity contribution in [3.8, 4) is 5.75 Å². The molecule has 0 radical (unpaired) electrons. The summed E-state index contributed by atoms with van der Waals surface area (Å²) >= 11 is 0. The number of furan rings is 1. The number of guanidine groups is 1. The molecule has 1 atom stereocenters. The highest BCUT2D eigenvalue weighted by Crippen LogP contribution is 2.24. The number of aromatic nitrogens is 1. The van der Waals surface area contributed by atoms with E-state index in [2.05, 4.69) is 43.7 Å². The molecule has 7 nitrogen and oxygen atoms in total. The van der Waals surface area contributed by atoms with Gasteiger partial charge in [0, 0.05) is 26.3 Å². The summed E-state index contributed by atoms with van der Waals surface area (Å²) in [7, 11) is 1.79. The highest BCUT2D eigenvalue weighted by Gasteiger charge is 2.25. The van der Waals surface area contributed by atoms with Gasteiger partial charge in [-0.05, 0) is 67.9 Å². The van der Waals surface area contributed by atoms with Crippen molar-refractivity contribution in [3.05, 3.63) is 84.1 Å². The lowest BCUT2D eigenvalue weighted by Crippen LogP contribution is -2.42. The average molecular weight is 434 g/mol. The Kier molecular flexibility index (Phi) is 7.76. The van der Waals surface area contributed by atoms with Gasteiger partial charge in [0.05, 0.1) is 18.0 Å². The molecule has 1 aromatic carbocycles. The SMILES string of the molecule is CN=C(NCc1ccc(OCc2ccccn2)cc1)NCC(c1ccco1)N1CCCC1. The first-order valence-corrected chi connectivity index (χ1v) is 11.2. The number of ether oxygens (including phenoxy) is 1. The molecular formula is C25H31N5O2. The zero-order valence-electron chi connectivity index (χ0n) is 18.5. The predicted octanol–water partition coefficient (Wildman–Crippen LogP) is 3.76. The Morgan fingerprint density at radius 2 is 1.94 bits per heavy atom. The van der Waals surface area contributed by atoms with Crippen LogP contribution in [-0.2, 0) is 13.2 Å². The van der Waals surface area contributed by atoms with Crippen LogP contribution in [0.4, 0.5) is 0 Å². The Balaban J connectivity index is 1.25. The van der Waals surface area contributed by atoms with E-state index in [4.69, 9.17) is 9.15 Å². The molecule has 2 N–H and O–H groups in total. The minimum Gasteiger partial charge on any atom is -0.487 e. The molecule has 1 saturated heterocycles. The Morgan fingerprint density at radius 1 is 1.09 bits per heavy atom. The van der Waals surface area contributed by atoms with Crippen molar-refractivity contribution < 1.29 is 9.15 Å². The van der Waals surface area contributed by atoms with Gasteiger partial charge in [0.25, 0.3) is 0 Å². The molecule has 3 aromatic rings. The van der Waals surface area contributed by atoms with Gasteiger partial charge in [-0.3, -0.25) is 14.9 Å². The maximum absolute atomic E-state index is 5.81. The third-order valence-electron chi connectivity index (χ3n) is 5.64. The van der Waals surface area contributed by atoms with Crippen LogP contribution in [0.5, 0.6) is 5.75 Å². The average Bonchev–Trinajstić information content (AvgIpc) is 3.56. The van der Waals surface area contributed by atoms with Crippen molar-refractivity contribution in [3.63, 3.8) is 0 Å². The Morgan fingerprint density at radius 3 is 2.62 bits per heavy atom. The third kappa shape index (κ3) is 6.11. The zero-order chi connectivity index (χ0) is 22.0. The molecule has 32 heavy (non-hydrogen) atoms. The number of hydrogen-bond acceptors (Lipinski definition) is 5. The molecule has 1 aliphatic heterocycles. The van der Waals surface area contributed by atoms with Crippen LogP contribution in [0.25, 0.3) is 0 Å². The second-order valence-electron chi connectivity index (χ2n) is 7.83. The second-order valence-corrected chi connectivity index (χ2v) is 7.83. The van der Waals surface area contributed by atoms with E-state index in [0.717, 1.165) is 48.4 Å². The van der Waals surface area contributed by atoms with Gasteiger partial charge in [-0.1, -0.05) is 18.2 Å². The van der Waals surface area contributed by atoms with Crippen molar-refractivity contribution in [1.29, 1.82) is 0 Å². The molecule has 0 spiro atoms. The Bertz CT molecular complexity index is 952.